The summed E-state index contributed by atoms with van der Waals surface area (Å²) in [5.41, 5.74) is 2.33. The van der Waals surface area contributed by atoms with Crippen molar-refractivity contribution in [3.05, 3.63) is 51.5 Å². The first-order valence-electron chi connectivity index (χ1n) is 7.32. The van der Waals surface area contributed by atoms with E-state index < -0.39 is 6.04 Å². The summed E-state index contributed by atoms with van der Waals surface area (Å²) in [5, 5.41) is 7.95. The summed E-state index contributed by atoms with van der Waals surface area (Å²) in [6.07, 6.45) is 0. The van der Waals surface area contributed by atoms with E-state index in [1.807, 2.05) is 25.1 Å². The molecule has 0 aliphatic carbocycles. The first kappa shape index (κ1) is 17.0. The van der Waals surface area contributed by atoms with Crippen LogP contribution in [0.4, 0.5) is 11.4 Å². The Morgan fingerprint density at radius 1 is 1.21 bits per heavy atom. The Kier molecular flexibility index (Phi) is 4.94. The third kappa shape index (κ3) is 3.80. The number of halogens is 2. The van der Waals surface area contributed by atoms with Crippen LogP contribution >= 0.6 is 34.5 Å². The van der Waals surface area contributed by atoms with Crippen molar-refractivity contribution in [2.24, 2.45) is 0 Å². The van der Waals surface area contributed by atoms with Crippen molar-refractivity contribution in [3.8, 4) is 0 Å². The van der Waals surface area contributed by atoms with Gasteiger partial charge in [0.2, 0.25) is 5.91 Å². The van der Waals surface area contributed by atoms with E-state index in [0.29, 0.717) is 15.7 Å². The second-order valence-corrected chi connectivity index (χ2v) is 7.47. The molecule has 124 valence electrons. The van der Waals surface area contributed by atoms with Crippen LogP contribution in [-0.2, 0) is 4.79 Å². The first-order chi connectivity index (χ1) is 11.4. The second-order valence-electron chi connectivity index (χ2n) is 5.39. The molecule has 0 aliphatic heterocycles. The molecule has 24 heavy (non-hydrogen) atoms. The zero-order valence-electron chi connectivity index (χ0n) is 13.1. The van der Waals surface area contributed by atoms with E-state index in [0.717, 1.165) is 20.9 Å². The van der Waals surface area contributed by atoms with Crippen LogP contribution in [0.25, 0.3) is 10.2 Å². The molecule has 0 bridgehead atoms. The molecule has 3 aromatic rings. The van der Waals surface area contributed by atoms with Gasteiger partial charge in [0.15, 0.2) is 0 Å². The van der Waals surface area contributed by atoms with E-state index in [2.05, 4.69) is 15.6 Å². The maximum atomic E-state index is 12.4. The summed E-state index contributed by atoms with van der Waals surface area (Å²) < 4.78 is 1.09. The molecule has 4 nitrogen and oxygen atoms in total. The Balaban J connectivity index is 1.71. The fourth-order valence-corrected chi connectivity index (χ4v) is 3.48. The molecule has 0 saturated carbocycles. The molecule has 7 heteroatoms. The maximum absolute atomic E-state index is 12.4. The van der Waals surface area contributed by atoms with Gasteiger partial charge in [0.05, 0.1) is 25.9 Å². The first-order valence-corrected chi connectivity index (χ1v) is 8.89. The van der Waals surface area contributed by atoms with Crippen LogP contribution in [-0.4, -0.2) is 16.9 Å². The molecule has 1 amide bonds. The summed E-state index contributed by atoms with van der Waals surface area (Å²) >= 11 is 13.6. The standard InChI is InChI=1S/C17H15Cl2N3OS/c1-9(17(23)22-15-7-11(18)3-5-13(15)19)20-12-4-6-14-16(8-12)24-10(2)21-14/h3-9,20H,1-2H3,(H,22,23). The van der Waals surface area contributed by atoms with Crippen LogP contribution in [0.5, 0.6) is 0 Å². The molecule has 1 unspecified atom stereocenters. The van der Waals surface area contributed by atoms with Crippen molar-refractivity contribution in [1.82, 2.24) is 4.98 Å². The lowest BCUT2D eigenvalue weighted by Gasteiger charge is -2.16. The molecule has 0 fully saturated rings. The Bertz CT molecular complexity index is 910. The number of nitrogens with zero attached hydrogens (tertiary/aromatic N) is 1. The molecule has 3 rings (SSSR count). The second kappa shape index (κ2) is 6.97. The Labute approximate surface area is 153 Å². The molecule has 2 aromatic carbocycles. The molecule has 0 saturated heterocycles. The molecule has 1 atom stereocenters. The fraction of sp³-hybridized carbons (Fsp3) is 0.176. The number of nitrogens with one attached hydrogen (secondary N) is 2. The number of fused-ring (bicyclic) bond motifs is 1. The summed E-state index contributed by atoms with van der Waals surface area (Å²) in [4.78, 5) is 16.8. The number of rotatable bonds is 4. The van der Waals surface area contributed by atoms with Crippen LogP contribution in [0.3, 0.4) is 0 Å². The minimum atomic E-state index is -0.438. The highest BCUT2D eigenvalue weighted by atomic mass is 35.5. The molecule has 1 aromatic heterocycles. The normalized spacial score (nSPS) is 12.2. The van der Waals surface area contributed by atoms with Crippen LogP contribution in [0, 0.1) is 6.92 Å². The number of benzene rings is 2. The predicted molar refractivity (Wildman–Crippen MR) is 103 cm³/mol. The molecule has 2 N–H and O–H groups in total. The smallest absolute Gasteiger partial charge is 0.246 e. The SMILES string of the molecule is Cc1nc2ccc(NC(C)C(=O)Nc3cc(Cl)ccc3Cl)cc2s1. The van der Waals surface area contributed by atoms with Gasteiger partial charge in [-0.25, -0.2) is 4.98 Å². The van der Waals surface area contributed by atoms with Crippen molar-refractivity contribution >= 4 is 62.0 Å². The van der Waals surface area contributed by atoms with E-state index in [1.54, 1.807) is 36.5 Å². The topological polar surface area (TPSA) is 54.0 Å². The van der Waals surface area contributed by atoms with Crippen LogP contribution in [0.15, 0.2) is 36.4 Å². The lowest BCUT2D eigenvalue weighted by Crippen LogP contribution is -2.31. The van der Waals surface area contributed by atoms with E-state index >= 15 is 0 Å². The van der Waals surface area contributed by atoms with Crippen molar-refractivity contribution in [1.29, 1.82) is 0 Å². The Hall–Kier alpha value is -1.82. The number of amides is 1. The zero-order valence-corrected chi connectivity index (χ0v) is 15.4. The van der Waals surface area contributed by atoms with Crippen molar-refractivity contribution in [2.45, 2.75) is 19.9 Å². The number of carbonyl (C=O) groups excluding carboxylic acids is 1. The van der Waals surface area contributed by atoms with Gasteiger partial charge in [-0.05, 0) is 50.2 Å². The predicted octanol–water partition coefficient (Wildman–Crippen LogP) is 5.35. The van der Waals surface area contributed by atoms with E-state index in [1.165, 1.54) is 0 Å². The highest BCUT2D eigenvalue weighted by Crippen LogP contribution is 2.27. The average Bonchev–Trinajstić information content (AvgIpc) is 2.90. The summed E-state index contributed by atoms with van der Waals surface area (Å²) in [6.45, 7) is 3.76. The van der Waals surface area contributed by atoms with Gasteiger partial charge in [-0.3, -0.25) is 4.79 Å². The number of anilines is 2. The Morgan fingerprint density at radius 2 is 2.00 bits per heavy atom. The van der Waals surface area contributed by atoms with Gasteiger partial charge in [-0.15, -0.1) is 11.3 Å². The van der Waals surface area contributed by atoms with Crippen LogP contribution in [0.1, 0.15) is 11.9 Å². The zero-order chi connectivity index (χ0) is 17.3. The number of carbonyl (C=O) groups is 1. The average molecular weight is 380 g/mol. The van der Waals surface area contributed by atoms with E-state index in [-0.39, 0.29) is 5.91 Å². The van der Waals surface area contributed by atoms with Crippen LogP contribution < -0.4 is 10.6 Å². The highest BCUT2D eigenvalue weighted by Gasteiger charge is 2.15. The fourth-order valence-electron chi connectivity index (χ4n) is 2.28. The third-order valence-corrected chi connectivity index (χ3v) is 4.96. The monoisotopic (exact) mass is 379 g/mol. The molecule has 0 spiro atoms. The number of hydrogen-bond donors (Lipinski definition) is 2. The van der Waals surface area contributed by atoms with Crippen molar-refractivity contribution < 1.29 is 4.79 Å². The van der Waals surface area contributed by atoms with Crippen molar-refractivity contribution in [2.75, 3.05) is 10.6 Å². The van der Waals surface area contributed by atoms with E-state index in [9.17, 15) is 4.79 Å². The van der Waals surface area contributed by atoms with Gasteiger partial charge in [0.25, 0.3) is 0 Å². The minimum Gasteiger partial charge on any atom is -0.374 e. The number of thiazole rings is 1. The third-order valence-electron chi connectivity index (χ3n) is 3.46. The van der Waals surface area contributed by atoms with Gasteiger partial charge in [0.1, 0.15) is 6.04 Å². The van der Waals surface area contributed by atoms with Crippen LogP contribution in [0.2, 0.25) is 10.0 Å². The van der Waals surface area contributed by atoms with Gasteiger partial charge < -0.3 is 10.6 Å². The molecular formula is C17H15Cl2N3OS. The quantitative estimate of drug-likeness (QED) is 0.642. The summed E-state index contributed by atoms with van der Waals surface area (Å²) in [5.74, 6) is -0.195. The van der Waals surface area contributed by atoms with Gasteiger partial charge in [-0.1, -0.05) is 23.2 Å². The number of hydrogen-bond acceptors (Lipinski definition) is 4. The lowest BCUT2D eigenvalue weighted by atomic mass is 10.2. The maximum Gasteiger partial charge on any atom is 0.246 e. The van der Waals surface area contributed by atoms with Crippen molar-refractivity contribution in [3.63, 3.8) is 0 Å². The van der Waals surface area contributed by atoms with E-state index in [4.69, 9.17) is 23.2 Å². The molecule has 0 radical (unpaired) electrons. The van der Waals surface area contributed by atoms with Gasteiger partial charge in [-0.2, -0.15) is 0 Å². The molecular weight excluding hydrogens is 365 g/mol. The lowest BCUT2D eigenvalue weighted by molar-refractivity contribution is -0.116. The largest absolute Gasteiger partial charge is 0.374 e. The summed E-state index contributed by atoms with van der Waals surface area (Å²) in [7, 11) is 0. The highest BCUT2D eigenvalue weighted by molar-refractivity contribution is 7.18. The number of aromatic nitrogens is 1. The number of aryl methyl sites for hydroxylation is 1. The van der Waals surface area contributed by atoms with Gasteiger partial charge >= 0.3 is 0 Å². The van der Waals surface area contributed by atoms with Gasteiger partial charge in [0, 0.05) is 10.7 Å². The molecule has 1 heterocycles. The molecule has 0 aliphatic rings. The minimum absolute atomic E-state index is 0.195. The summed E-state index contributed by atoms with van der Waals surface area (Å²) in [6, 6.07) is 10.4. The Morgan fingerprint density at radius 3 is 2.79 bits per heavy atom.